The summed E-state index contributed by atoms with van der Waals surface area (Å²) >= 11 is 3.45. The molecule has 0 bridgehead atoms. The third-order valence-corrected chi connectivity index (χ3v) is 3.96. The maximum absolute atomic E-state index is 12.5. The highest BCUT2D eigenvalue weighted by atomic mass is 79.9. The minimum atomic E-state index is 0.0332. The van der Waals surface area contributed by atoms with Crippen molar-refractivity contribution in [2.45, 2.75) is 20.3 Å². The average molecular weight is 333 g/mol. The van der Waals surface area contributed by atoms with Crippen molar-refractivity contribution < 1.29 is 9.53 Å². The third-order valence-electron chi connectivity index (χ3n) is 3.10. The first-order chi connectivity index (χ1) is 9.63. The van der Waals surface area contributed by atoms with Crippen LogP contribution >= 0.6 is 15.9 Å². The van der Waals surface area contributed by atoms with Crippen LogP contribution in [0.15, 0.2) is 46.9 Å². The molecule has 0 radical (unpaired) electrons. The molecule has 104 valence electrons. The molecule has 2 aromatic rings. The first-order valence-corrected chi connectivity index (χ1v) is 7.45. The van der Waals surface area contributed by atoms with E-state index in [1.165, 1.54) is 0 Å². The van der Waals surface area contributed by atoms with Gasteiger partial charge in [0.2, 0.25) is 0 Å². The van der Waals surface area contributed by atoms with Crippen LogP contribution in [0.25, 0.3) is 0 Å². The smallest absolute Gasteiger partial charge is 0.193 e. The molecule has 0 N–H and O–H groups in total. The van der Waals surface area contributed by atoms with E-state index in [4.69, 9.17) is 4.74 Å². The summed E-state index contributed by atoms with van der Waals surface area (Å²) in [7, 11) is 0. The molecule has 0 heterocycles. The van der Waals surface area contributed by atoms with Crippen LogP contribution in [-0.4, -0.2) is 12.4 Å². The van der Waals surface area contributed by atoms with Crippen molar-refractivity contribution in [1.29, 1.82) is 0 Å². The summed E-state index contributed by atoms with van der Waals surface area (Å²) < 4.78 is 6.47. The van der Waals surface area contributed by atoms with Gasteiger partial charge >= 0.3 is 0 Å². The Kier molecular flexibility index (Phi) is 4.96. The van der Waals surface area contributed by atoms with E-state index in [9.17, 15) is 4.79 Å². The Hall–Kier alpha value is -1.61. The molecule has 0 aromatic heterocycles. The quantitative estimate of drug-likeness (QED) is 0.736. The molecule has 0 aliphatic heterocycles. The van der Waals surface area contributed by atoms with Gasteiger partial charge in [0.05, 0.1) is 6.61 Å². The van der Waals surface area contributed by atoms with Crippen molar-refractivity contribution in [3.05, 3.63) is 63.6 Å². The summed E-state index contributed by atoms with van der Waals surface area (Å²) in [5.74, 6) is 0.834. The summed E-state index contributed by atoms with van der Waals surface area (Å²) in [6.45, 7) is 4.70. The second kappa shape index (κ2) is 6.71. The molecule has 3 heteroatoms. The maximum atomic E-state index is 12.5. The summed E-state index contributed by atoms with van der Waals surface area (Å²) in [5.41, 5.74) is 2.36. The van der Waals surface area contributed by atoms with Crippen LogP contribution in [0, 0.1) is 6.92 Å². The largest absolute Gasteiger partial charge is 0.494 e. The molecule has 2 aromatic carbocycles. The zero-order valence-electron chi connectivity index (χ0n) is 11.7. The Balaban J connectivity index is 2.23. The second-order valence-corrected chi connectivity index (χ2v) is 5.47. The van der Waals surface area contributed by atoms with E-state index in [1.54, 1.807) is 0 Å². The second-order valence-electron chi connectivity index (χ2n) is 4.61. The molecule has 0 fully saturated rings. The number of carbonyl (C=O) groups excluding carboxylic acids is 1. The molecule has 0 spiro atoms. The Morgan fingerprint density at radius 3 is 2.50 bits per heavy atom. The highest BCUT2D eigenvalue weighted by Crippen LogP contribution is 2.23. The number of ketones is 1. The number of carbonyl (C=O) groups is 1. The average Bonchev–Trinajstić information content (AvgIpc) is 2.48. The summed E-state index contributed by atoms with van der Waals surface area (Å²) in [6, 6.07) is 13.0. The molecular weight excluding hydrogens is 316 g/mol. The summed E-state index contributed by atoms with van der Waals surface area (Å²) in [6.07, 6.45) is 0.970. The van der Waals surface area contributed by atoms with Crippen LogP contribution in [0.2, 0.25) is 0 Å². The number of hydrogen-bond acceptors (Lipinski definition) is 2. The molecular formula is C17H17BrO2. The van der Waals surface area contributed by atoms with E-state index in [2.05, 4.69) is 22.9 Å². The SMILES string of the molecule is CCCOc1ccc(C(=O)c2cccc(Br)c2C)cc1. The Labute approximate surface area is 127 Å². The van der Waals surface area contributed by atoms with Crippen molar-refractivity contribution in [1.82, 2.24) is 0 Å². The van der Waals surface area contributed by atoms with Crippen LogP contribution < -0.4 is 4.74 Å². The van der Waals surface area contributed by atoms with Crippen LogP contribution in [0.4, 0.5) is 0 Å². The van der Waals surface area contributed by atoms with Gasteiger partial charge in [-0.2, -0.15) is 0 Å². The first-order valence-electron chi connectivity index (χ1n) is 6.66. The monoisotopic (exact) mass is 332 g/mol. The number of halogens is 1. The van der Waals surface area contributed by atoms with Gasteiger partial charge in [0.15, 0.2) is 5.78 Å². The van der Waals surface area contributed by atoms with Crippen molar-refractivity contribution in [3.63, 3.8) is 0 Å². The van der Waals surface area contributed by atoms with Crippen LogP contribution in [-0.2, 0) is 0 Å². The van der Waals surface area contributed by atoms with E-state index in [0.29, 0.717) is 12.2 Å². The van der Waals surface area contributed by atoms with Gasteiger partial charge in [-0.15, -0.1) is 0 Å². The molecule has 0 atom stereocenters. The fourth-order valence-corrected chi connectivity index (χ4v) is 2.30. The zero-order chi connectivity index (χ0) is 14.5. The molecule has 2 nitrogen and oxygen atoms in total. The molecule has 0 saturated carbocycles. The van der Waals surface area contributed by atoms with Crippen LogP contribution in [0.1, 0.15) is 34.8 Å². The number of rotatable bonds is 5. The Bertz CT molecular complexity index is 603. The van der Waals surface area contributed by atoms with Crippen molar-refractivity contribution in [3.8, 4) is 5.75 Å². The van der Waals surface area contributed by atoms with E-state index in [0.717, 1.165) is 27.8 Å². The molecule has 20 heavy (non-hydrogen) atoms. The minimum Gasteiger partial charge on any atom is -0.494 e. The molecule has 0 saturated heterocycles. The van der Waals surface area contributed by atoms with E-state index >= 15 is 0 Å². The normalized spacial score (nSPS) is 10.3. The number of hydrogen-bond donors (Lipinski definition) is 0. The maximum Gasteiger partial charge on any atom is 0.193 e. The molecule has 2 rings (SSSR count). The predicted octanol–water partition coefficient (Wildman–Crippen LogP) is 4.78. The van der Waals surface area contributed by atoms with E-state index in [-0.39, 0.29) is 5.78 Å². The third kappa shape index (κ3) is 3.28. The van der Waals surface area contributed by atoms with Crippen molar-refractivity contribution in [2.75, 3.05) is 6.61 Å². The highest BCUT2D eigenvalue weighted by Gasteiger charge is 2.13. The van der Waals surface area contributed by atoms with Gasteiger partial charge in [-0.1, -0.05) is 35.0 Å². The van der Waals surface area contributed by atoms with E-state index in [1.807, 2.05) is 49.4 Å². The molecule has 0 aliphatic carbocycles. The summed E-state index contributed by atoms with van der Waals surface area (Å²) in [5, 5.41) is 0. The topological polar surface area (TPSA) is 26.3 Å². The number of ether oxygens (including phenoxy) is 1. The zero-order valence-corrected chi connectivity index (χ0v) is 13.2. The Morgan fingerprint density at radius 1 is 1.15 bits per heavy atom. The molecule has 0 unspecified atom stereocenters. The van der Waals surface area contributed by atoms with Gasteiger partial charge in [0.1, 0.15) is 5.75 Å². The number of benzene rings is 2. The predicted molar refractivity (Wildman–Crippen MR) is 84.5 cm³/mol. The summed E-state index contributed by atoms with van der Waals surface area (Å²) in [4.78, 5) is 12.5. The lowest BCUT2D eigenvalue weighted by Crippen LogP contribution is -2.04. The van der Waals surface area contributed by atoms with Gasteiger partial charge in [0.25, 0.3) is 0 Å². The van der Waals surface area contributed by atoms with Crippen molar-refractivity contribution >= 4 is 21.7 Å². The van der Waals surface area contributed by atoms with Crippen molar-refractivity contribution in [2.24, 2.45) is 0 Å². The van der Waals surface area contributed by atoms with Gasteiger partial charge in [-0.25, -0.2) is 0 Å². The molecule has 0 amide bonds. The van der Waals surface area contributed by atoms with Gasteiger partial charge in [0, 0.05) is 15.6 Å². The lowest BCUT2D eigenvalue weighted by Gasteiger charge is -2.08. The standard InChI is InChI=1S/C17H17BrO2/c1-3-11-20-14-9-7-13(8-10-14)17(19)15-5-4-6-16(18)12(15)2/h4-10H,3,11H2,1-2H3. The lowest BCUT2D eigenvalue weighted by molar-refractivity contribution is 0.103. The van der Waals surface area contributed by atoms with Gasteiger partial charge in [-0.05, 0) is 49.2 Å². The van der Waals surface area contributed by atoms with Gasteiger partial charge in [-0.3, -0.25) is 4.79 Å². The van der Waals surface area contributed by atoms with E-state index < -0.39 is 0 Å². The molecule has 0 aliphatic rings. The fraction of sp³-hybridized carbons (Fsp3) is 0.235. The Morgan fingerprint density at radius 2 is 1.85 bits per heavy atom. The van der Waals surface area contributed by atoms with Crippen LogP contribution in [0.5, 0.6) is 5.75 Å². The minimum absolute atomic E-state index is 0.0332. The fourth-order valence-electron chi connectivity index (χ4n) is 1.93. The van der Waals surface area contributed by atoms with Gasteiger partial charge < -0.3 is 4.74 Å². The lowest BCUT2D eigenvalue weighted by atomic mass is 9.99. The first kappa shape index (κ1) is 14.8. The highest BCUT2D eigenvalue weighted by molar-refractivity contribution is 9.10. The van der Waals surface area contributed by atoms with Crippen LogP contribution in [0.3, 0.4) is 0 Å².